The molecule has 1 aliphatic carbocycles. The Kier molecular flexibility index (Phi) is 4.19. The summed E-state index contributed by atoms with van der Waals surface area (Å²) in [5.74, 6) is -1.43. The van der Waals surface area contributed by atoms with Gasteiger partial charge in [-0.1, -0.05) is 36.8 Å². The summed E-state index contributed by atoms with van der Waals surface area (Å²) in [4.78, 5) is 22.9. The Hall–Kier alpha value is -2.56. The summed E-state index contributed by atoms with van der Waals surface area (Å²) in [5.41, 5.74) is 1.35. The molecule has 23 heavy (non-hydrogen) atoms. The van der Waals surface area contributed by atoms with E-state index in [1.165, 1.54) is 18.1 Å². The van der Waals surface area contributed by atoms with Gasteiger partial charge in [0, 0.05) is 12.6 Å². The van der Waals surface area contributed by atoms with Crippen molar-refractivity contribution in [3.63, 3.8) is 0 Å². The van der Waals surface area contributed by atoms with Gasteiger partial charge in [0.05, 0.1) is 5.56 Å². The van der Waals surface area contributed by atoms with Gasteiger partial charge < -0.3 is 14.8 Å². The number of hydrogen-bond acceptors (Lipinski definition) is 3. The predicted octanol–water partition coefficient (Wildman–Crippen LogP) is 3.12. The van der Waals surface area contributed by atoms with Crippen LogP contribution in [0.3, 0.4) is 0 Å². The minimum Gasteiger partial charge on any atom is -0.478 e. The fourth-order valence-electron chi connectivity index (χ4n) is 3.04. The first kappa shape index (κ1) is 15.3. The second-order valence-electron chi connectivity index (χ2n) is 6.20. The van der Waals surface area contributed by atoms with Crippen LogP contribution >= 0.6 is 0 Å². The molecule has 2 N–H and O–H groups in total. The number of benzene rings is 1. The Balaban J connectivity index is 1.61. The molecule has 1 amide bonds. The number of furan rings is 1. The van der Waals surface area contributed by atoms with E-state index in [1.807, 2.05) is 18.2 Å². The number of hydrogen-bond donors (Lipinski definition) is 2. The molecule has 0 aliphatic heterocycles. The van der Waals surface area contributed by atoms with E-state index in [1.54, 1.807) is 0 Å². The van der Waals surface area contributed by atoms with Crippen LogP contribution in [0.4, 0.5) is 0 Å². The number of nitrogens with one attached hydrogen (secondary N) is 1. The molecular formula is C18H19NO4. The largest absolute Gasteiger partial charge is 0.478 e. The quantitative estimate of drug-likeness (QED) is 0.858. The van der Waals surface area contributed by atoms with Crippen LogP contribution in [0.5, 0.6) is 0 Å². The Bertz CT molecular complexity index is 701. The first-order valence-electron chi connectivity index (χ1n) is 7.72. The second kappa shape index (κ2) is 6.28. The first-order chi connectivity index (χ1) is 11.1. The van der Waals surface area contributed by atoms with Gasteiger partial charge in [-0.3, -0.25) is 4.79 Å². The van der Waals surface area contributed by atoms with Crippen LogP contribution in [0.2, 0.25) is 0 Å². The lowest BCUT2D eigenvalue weighted by atomic mass is 9.65. The van der Waals surface area contributed by atoms with Crippen molar-refractivity contribution < 1.29 is 19.1 Å². The Morgan fingerprint density at radius 2 is 1.96 bits per heavy atom. The van der Waals surface area contributed by atoms with Crippen molar-refractivity contribution in [2.75, 3.05) is 6.54 Å². The zero-order valence-electron chi connectivity index (χ0n) is 12.7. The Morgan fingerprint density at radius 1 is 1.22 bits per heavy atom. The maximum Gasteiger partial charge on any atom is 0.338 e. The summed E-state index contributed by atoms with van der Waals surface area (Å²) >= 11 is 0. The molecule has 1 fully saturated rings. The molecule has 0 saturated heterocycles. The van der Waals surface area contributed by atoms with Crippen LogP contribution in [-0.4, -0.2) is 23.5 Å². The lowest BCUT2D eigenvalue weighted by molar-refractivity contribution is 0.0695. The zero-order valence-corrected chi connectivity index (χ0v) is 12.7. The second-order valence-corrected chi connectivity index (χ2v) is 6.20. The molecule has 0 atom stereocenters. The van der Waals surface area contributed by atoms with Crippen molar-refractivity contribution in [1.82, 2.24) is 5.32 Å². The molecule has 2 aromatic rings. The highest BCUT2D eigenvalue weighted by Gasteiger charge is 2.37. The predicted molar refractivity (Wildman–Crippen MR) is 84.4 cm³/mol. The number of aromatic carboxylic acids is 1. The van der Waals surface area contributed by atoms with E-state index in [4.69, 9.17) is 9.52 Å². The maximum atomic E-state index is 12.1. The SMILES string of the molecule is O=C(O)c1coc(C(=O)NCC2(Cc3ccccc3)CCC2)c1. The third-order valence-electron chi connectivity index (χ3n) is 4.53. The number of carboxylic acids is 1. The van der Waals surface area contributed by atoms with E-state index in [2.05, 4.69) is 17.4 Å². The van der Waals surface area contributed by atoms with E-state index >= 15 is 0 Å². The van der Waals surface area contributed by atoms with Crippen molar-refractivity contribution >= 4 is 11.9 Å². The van der Waals surface area contributed by atoms with Crippen molar-refractivity contribution in [3.8, 4) is 0 Å². The van der Waals surface area contributed by atoms with Crippen LogP contribution in [0.15, 0.2) is 47.1 Å². The van der Waals surface area contributed by atoms with Gasteiger partial charge in [-0.2, -0.15) is 0 Å². The van der Waals surface area contributed by atoms with Crippen LogP contribution in [-0.2, 0) is 6.42 Å². The van der Waals surface area contributed by atoms with Crippen molar-refractivity contribution in [2.24, 2.45) is 5.41 Å². The van der Waals surface area contributed by atoms with Gasteiger partial charge in [0.25, 0.3) is 5.91 Å². The van der Waals surface area contributed by atoms with E-state index < -0.39 is 5.97 Å². The van der Waals surface area contributed by atoms with Crippen molar-refractivity contribution in [1.29, 1.82) is 0 Å². The van der Waals surface area contributed by atoms with Gasteiger partial charge in [0.1, 0.15) is 6.26 Å². The van der Waals surface area contributed by atoms with E-state index in [0.717, 1.165) is 25.5 Å². The van der Waals surface area contributed by atoms with Gasteiger partial charge >= 0.3 is 5.97 Å². The molecule has 1 aliphatic rings. The van der Waals surface area contributed by atoms with Crippen LogP contribution in [0, 0.1) is 5.41 Å². The van der Waals surface area contributed by atoms with Gasteiger partial charge in [-0.25, -0.2) is 4.79 Å². The molecule has 1 aromatic carbocycles. The molecule has 1 heterocycles. The molecule has 1 saturated carbocycles. The topological polar surface area (TPSA) is 79.5 Å². The molecule has 3 rings (SSSR count). The van der Waals surface area contributed by atoms with Gasteiger partial charge in [0.15, 0.2) is 5.76 Å². The highest BCUT2D eigenvalue weighted by atomic mass is 16.4. The molecule has 0 bridgehead atoms. The minimum atomic E-state index is -1.10. The number of amides is 1. The summed E-state index contributed by atoms with van der Waals surface area (Å²) < 4.78 is 5.03. The molecule has 0 spiro atoms. The standard InChI is InChI=1S/C18H19NO4/c20-16(15-9-14(11-23-15)17(21)22)19-12-18(7-4-8-18)10-13-5-2-1-3-6-13/h1-3,5-6,9,11H,4,7-8,10,12H2,(H,19,20)(H,21,22). The zero-order chi connectivity index (χ0) is 16.3. The molecule has 0 unspecified atom stereocenters. The third kappa shape index (κ3) is 3.44. The molecule has 120 valence electrons. The highest BCUT2D eigenvalue weighted by Crippen LogP contribution is 2.43. The van der Waals surface area contributed by atoms with Crippen LogP contribution < -0.4 is 5.32 Å². The fraction of sp³-hybridized carbons (Fsp3) is 0.333. The molecule has 5 heteroatoms. The molecule has 5 nitrogen and oxygen atoms in total. The molecule has 1 aromatic heterocycles. The van der Waals surface area contributed by atoms with E-state index in [-0.39, 0.29) is 22.6 Å². The maximum absolute atomic E-state index is 12.1. The van der Waals surface area contributed by atoms with Crippen molar-refractivity contribution in [2.45, 2.75) is 25.7 Å². The van der Waals surface area contributed by atoms with Gasteiger partial charge in [0.2, 0.25) is 0 Å². The summed E-state index contributed by atoms with van der Waals surface area (Å²) in [6.45, 7) is 0.573. The number of carbonyl (C=O) groups excluding carboxylic acids is 1. The smallest absolute Gasteiger partial charge is 0.338 e. The molecule has 0 radical (unpaired) electrons. The highest BCUT2D eigenvalue weighted by molar-refractivity contribution is 5.95. The van der Waals surface area contributed by atoms with Gasteiger partial charge in [-0.15, -0.1) is 0 Å². The summed E-state index contributed by atoms with van der Waals surface area (Å²) in [6, 6.07) is 11.5. The summed E-state index contributed by atoms with van der Waals surface area (Å²) in [7, 11) is 0. The van der Waals surface area contributed by atoms with E-state index in [9.17, 15) is 9.59 Å². The fourth-order valence-corrected chi connectivity index (χ4v) is 3.04. The van der Waals surface area contributed by atoms with Gasteiger partial charge in [-0.05, 0) is 30.2 Å². The van der Waals surface area contributed by atoms with Crippen molar-refractivity contribution in [3.05, 3.63) is 59.5 Å². The first-order valence-corrected chi connectivity index (χ1v) is 7.72. The lowest BCUT2D eigenvalue weighted by Crippen LogP contribution is -2.43. The third-order valence-corrected chi connectivity index (χ3v) is 4.53. The average molecular weight is 313 g/mol. The average Bonchev–Trinajstić information content (AvgIpc) is 3.01. The number of rotatable bonds is 6. The minimum absolute atomic E-state index is 0.0159. The number of carboxylic acid groups (broad SMARTS) is 1. The Labute approximate surface area is 134 Å². The lowest BCUT2D eigenvalue weighted by Gasteiger charge is -2.42. The number of carbonyl (C=O) groups is 2. The summed E-state index contributed by atoms with van der Waals surface area (Å²) in [6.07, 6.45) is 5.36. The normalized spacial score (nSPS) is 15.7. The summed E-state index contributed by atoms with van der Waals surface area (Å²) in [5, 5.41) is 11.7. The van der Waals surface area contributed by atoms with E-state index in [0.29, 0.717) is 6.54 Å². The Morgan fingerprint density at radius 3 is 2.52 bits per heavy atom. The van der Waals surface area contributed by atoms with Crippen LogP contribution in [0.1, 0.15) is 45.7 Å². The molecular weight excluding hydrogens is 294 g/mol. The van der Waals surface area contributed by atoms with Crippen LogP contribution in [0.25, 0.3) is 0 Å². The monoisotopic (exact) mass is 313 g/mol.